The van der Waals surface area contributed by atoms with Crippen molar-refractivity contribution >= 4 is 11.0 Å². The summed E-state index contributed by atoms with van der Waals surface area (Å²) in [6, 6.07) is 16.1. The Morgan fingerprint density at radius 2 is 1.96 bits per heavy atom. The number of fused-ring (bicyclic) bond motifs is 1. The molecule has 0 amide bonds. The van der Waals surface area contributed by atoms with Gasteiger partial charge in [0.1, 0.15) is 36.3 Å². The number of rotatable bonds is 8. The number of benzene rings is 2. The van der Waals surface area contributed by atoms with Gasteiger partial charge in [0.25, 0.3) is 0 Å². The zero-order valence-corrected chi connectivity index (χ0v) is 14.9. The van der Waals surface area contributed by atoms with Crippen molar-refractivity contribution in [3.8, 4) is 17.1 Å². The van der Waals surface area contributed by atoms with E-state index in [2.05, 4.69) is 12.2 Å². The predicted molar refractivity (Wildman–Crippen MR) is 101 cm³/mol. The Kier molecular flexibility index (Phi) is 6.04. The van der Waals surface area contributed by atoms with E-state index in [4.69, 9.17) is 9.15 Å². The summed E-state index contributed by atoms with van der Waals surface area (Å²) < 4.78 is 11.6. The maximum atomic E-state index is 12.4. The molecule has 3 N–H and O–H groups in total. The topological polar surface area (TPSA) is 76.3 Å². The molecule has 1 aromatic heterocycles. The van der Waals surface area contributed by atoms with Crippen LogP contribution in [0.3, 0.4) is 0 Å². The molecular formula is C21H24NO4+. The molecule has 1 atom stereocenters. The third-order valence-electron chi connectivity index (χ3n) is 4.13. The average molecular weight is 354 g/mol. The van der Waals surface area contributed by atoms with E-state index >= 15 is 0 Å². The summed E-state index contributed by atoms with van der Waals surface area (Å²) in [5.41, 5.74) is 1.23. The summed E-state index contributed by atoms with van der Waals surface area (Å²) in [4.78, 5) is 12.4. The summed E-state index contributed by atoms with van der Waals surface area (Å²) in [5.74, 6) is 1.09. The molecule has 5 heteroatoms. The fourth-order valence-electron chi connectivity index (χ4n) is 2.74. The standard InChI is InChI=1S/C21H23NO4/c1-2-10-22-13-16(23)14-25-17-8-9-18-19(24)12-20(26-21(18)11-17)15-6-4-3-5-7-15/h3-9,11-12,16,22-23H,2,10,13-14H2,1H3/p+1/t16-/m0/s1. The molecule has 26 heavy (non-hydrogen) atoms. The van der Waals surface area contributed by atoms with Crippen LogP contribution in [0.1, 0.15) is 13.3 Å². The number of hydrogen-bond donors (Lipinski definition) is 2. The minimum Gasteiger partial charge on any atom is -0.491 e. The highest BCUT2D eigenvalue weighted by atomic mass is 16.5. The molecule has 136 valence electrons. The quantitative estimate of drug-likeness (QED) is 0.608. The molecule has 0 aliphatic heterocycles. The van der Waals surface area contributed by atoms with Crippen molar-refractivity contribution in [1.82, 2.24) is 0 Å². The Morgan fingerprint density at radius 3 is 2.73 bits per heavy atom. The Morgan fingerprint density at radius 1 is 1.15 bits per heavy atom. The second-order valence-corrected chi connectivity index (χ2v) is 6.28. The maximum Gasteiger partial charge on any atom is 0.193 e. The van der Waals surface area contributed by atoms with E-state index in [1.165, 1.54) is 6.07 Å². The molecule has 0 radical (unpaired) electrons. The lowest BCUT2D eigenvalue weighted by atomic mass is 10.1. The molecule has 0 aliphatic carbocycles. The SMILES string of the molecule is CCC[NH2+]C[C@H](O)COc1ccc2c(=O)cc(-c3ccccc3)oc2c1. The molecule has 0 bridgehead atoms. The van der Waals surface area contributed by atoms with Gasteiger partial charge in [-0.2, -0.15) is 0 Å². The number of nitrogens with two attached hydrogens (primary N) is 1. The largest absolute Gasteiger partial charge is 0.491 e. The molecule has 3 aromatic rings. The molecule has 0 saturated carbocycles. The molecule has 0 saturated heterocycles. The van der Waals surface area contributed by atoms with Gasteiger partial charge in [-0.1, -0.05) is 37.3 Å². The number of quaternary nitrogens is 1. The van der Waals surface area contributed by atoms with E-state index in [-0.39, 0.29) is 12.0 Å². The van der Waals surface area contributed by atoms with Crippen LogP contribution in [-0.4, -0.2) is 30.9 Å². The first-order chi connectivity index (χ1) is 12.7. The normalized spacial score (nSPS) is 12.2. The molecule has 2 aromatic carbocycles. The molecular weight excluding hydrogens is 330 g/mol. The van der Waals surface area contributed by atoms with E-state index in [0.717, 1.165) is 18.5 Å². The van der Waals surface area contributed by atoms with Crippen molar-refractivity contribution in [3.05, 3.63) is 64.8 Å². The number of hydrogen-bond acceptors (Lipinski definition) is 4. The van der Waals surface area contributed by atoms with E-state index in [9.17, 15) is 9.90 Å². The second kappa shape index (κ2) is 8.65. The first kappa shape index (κ1) is 18.2. The maximum absolute atomic E-state index is 12.4. The monoisotopic (exact) mass is 354 g/mol. The minimum absolute atomic E-state index is 0.0918. The fraction of sp³-hybridized carbons (Fsp3) is 0.286. The molecule has 5 nitrogen and oxygen atoms in total. The van der Waals surface area contributed by atoms with Gasteiger partial charge in [-0.3, -0.25) is 4.79 Å². The van der Waals surface area contributed by atoms with Gasteiger partial charge < -0.3 is 19.6 Å². The number of ether oxygens (including phenoxy) is 1. The van der Waals surface area contributed by atoms with Gasteiger partial charge in [-0.05, 0) is 18.6 Å². The minimum atomic E-state index is -0.542. The smallest absolute Gasteiger partial charge is 0.193 e. The van der Waals surface area contributed by atoms with Crippen LogP contribution in [0.5, 0.6) is 5.75 Å². The van der Waals surface area contributed by atoms with Gasteiger partial charge >= 0.3 is 0 Å². The summed E-state index contributed by atoms with van der Waals surface area (Å²) in [5, 5.41) is 12.5. The van der Waals surface area contributed by atoms with Crippen LogP contribution in [0.2, 0.25) is 0 Å². The van der Waals surface area contributed by atoms with Crippen LogP contribution in [0, 0.1) is 0 Å². The van der Waals surface area contributed by atoms with Gasteiger partial charge in [0.2, 0.25) is 0 Å². The lowest BCUT2D eigenvalue weighted by molar-refractivity contribution is -0.661. The van der Waals surface area contributed by atoms with E-state index in [1.807, 2.05) is 30.3 Å². The van der Waals surface area contributed by atoms with Crippen molar-refractivity contribution in [2.45, 2.75) is 19.4 Å². The highest BCUT2D eigenvalue weighted by Crippen LogP contribution is 2.24. The average Bonchev–Trinajstić information content (AvgIpc) is 2.67. The van der Waals surface area contributed by atoms with Crippen LogP contribution in [0.25, 0.3) is 22.3 Å². The van der Waals surface area contributed by atoms with Crippen molar-refractivity contribution in [3.63, 3.8) is 0 Å². The highest BCUT2D eigenvalue weighted by molar-refractivity contribution is 5.80. The molecule has 0 fully saturated rings. The van der Waals surface area contributed by atoms with Crippen molar-refractivity contribution < 1.29 is 19.6 Å². The molecule has 1 heterocycles. The Hall–Kier alpha value is -2.63. The molecule has 0 spiro atoms. The van der Waals surface area contributed by atoms with Crippen LogP contribution in [-0.2, 0) is 0 Å². The lowest BCUT2D eigenvalue weighted by Gasteiger charge is -2.11. The van der Waals surface area contributed by atoms with Crippen LogP contribution in [0.15, 0.2) is 63.8 Å². The zero-order chi connectivity index (χ0) is 18.4. The van der Waals surface area contributed by atoms with E-state index in [1.54, 1.807) is 18.2 Å². The summed E-state index contributed by atoms with van der Waals surface area (Å²) in [7, 11) is 0. The van der Waals surface area contributed by atoms with Crippen molar-refractivity contribution in [1.29, 1.82) is 0 Å². The molecule has 0 unspecified atom stereocenters. The summed E-state index contributed by atoms with van der Waals surface area (Å²) in [6.07, 6.45) is 0.529. The summed E-state index contributed by atoms with van der Waals surface area (Å²) in [6.45, 7) is 3.90. The van der Waals surface area contributed by atoms with Crippen LogP contribution < -0.4 is 15.5 Å². The molecule has 3 rings (SSSR count). The van der Waals surface area contributed by atoms with Gasteiger partial charge in [0.05, 0.1) is 11.9 Å². The lowest BCUT2D eigenvalue weighted by Crippen LogP contribution is -2.86. The van der Waals surface area contributed by atoms with Gasteiger partial charge in [-0.25, -0.2) is 0 Å². The Labute approximate surface area is 152 Å². The van der Waals surface area contributed by atoms with Crippen LogP contribution >= 0.6 is 0 Å². The third kappa shape index (κ3) is 4.50. The van der Waals surface area contributed by atoms with E-state index in [0.29, 0.717) is 29.0 Å². The van der Waals surface area contributed by atoms with Gasteiger partial charge in [0.15, 0.2) is 5.43 Å². The predicted octanol–water partition coefficient (Wildman–Crippen LogP) is 2.17. The van der Waals surface area contributed by atoms with Crippen molar-refractivity contribution in [2.75, 3.05) is 19.7 Å². The summed E-state index contributed by atoms with van der Waals surface area (Å²) >= 11 is 0. The Bertz CT molecular complexity index is 905. The molecule has 0 aliphatic rings. The fourth-order valence-corrected chi connectivity index (χ4v) is 2.74. The van der Waals surface area contributed by atoms with Crippen LogP contribution in [0.4, 0.5) is 0 Å². The number of aliphatic hydroxyl groups is 1. The number of aliphatic hydroxyl groups excluding tert-OH is 1. The first-order valence-corrected chi connectivity index (χ1v) is 8.93. The van der Waals surface area contributed by atoms with Crippen molar-refractivity contribution in [2.24, 2.45) is 0 Å². The second-order valence-electron chi connectivity index (χ2n) is 6.28. The van der Waals surface area contributed by atoms with Gasteiger partial charge in [-0.15, -0.1) is 0 Å². The van der Waals surface area contributed by atoms with Gasteiger partial charge in [0, 0.05) is 17.7 Å². The Balaban J connectivity index is 1.78. The zero-order valence-electron chi connectivity index (χ0n) is 14.9. The van der Waals surface area contributed by atoms with E-state index < -0.39 is 6.10 Å². The first-order valence-electron chi connectivity index (χ1n) is 8.93. The highest BCUT2D eigenvalue weighted by Gasteiger charge is 2.10. The third-order valence-corrected chi connectivity index (χ3v) is 4.13.